The van der Waals surface area contributed by atoms with Gasteiger partial charge in [-0.05, 0) is 42.6 Å². The van der Waals surface area contributed by atoms with E-state index in [1.165, 1.54) is 5.56 Å². The maximum absolute atomic E-state index is 12.5. The van der Waals surface area contributed by atoms with Crippen LogP contribution in [0.5, 0.6) is 0 Å². The SMILES string of the molecule is Cc1ccc(-c2nc(Cn3cccc3C(=O)NCc3cccs3)no2)cc1. The van der Waals surface area contributed by atoms with Crippen molar-refractivity contribution in [2.24, 2.45) is 0 Å². The van der Waals surface area contributed by atoms with E-state index in [2.05, 4.69) is 15.5 Å². The summed E-state index contributed by atoms with van der Waals surface area (Å²) in [7, 11) is 0. The Labute approximate surface area is 160 Å². The summed E-state index contributed by atoms with van der Waals surface area (Å²) in [5.74, 6) is 0.866. The molecule has 4 aromatic rings. The fraction of sp³-hybridized carbons (Fsp3) is 0.150. The quantitative estimate of drug-likeness (QED) is 0.552. The molecular weight excluding hydrogens is 360 g/mol. The molecule has 0 bridgehead atoms. The molecule has 0 aliphatic rings. The Hall–Kier alpha value is -3.19. The lowest BCUT2D eigenvalue weighted by Crippen LogP contribution is -2.25. The first-order chi connectivity index (χ1) is 13.2. The third-order valence-electron chi connectivity index (χ3n) is 4.14. The molecule has 0 saturated carbocycles. The molecule has 0 spiro atoms. The minimum atomic E-state index is -0.129. The zero-order chi connectivity index (χ0) is 18.6. The lowest BCUT2D eigenvalue weighted by atomic mass is 10.1. The van der Waals surface area contributed by atoms with Gasteiger partial charge in [0.25, 0.3) is 11.8 Å². The molecule has 3 aromatic heterocycles. The van der Waals surface area contributed by atoms with Crippen LogP contribution < -0.4 is 5.32 Å². The van der Waals surface area contributed by atoms with Crippen LogP contribution in [0.2, 0.25) is 0 Å². The van der Waals surface area contributed by atoms with Crippen LogP contribution in [0.3, 0.4) is 0 Å². The van der Waals surface area contributed by atoms with Crippen LogP contribution in [0.25, 0.3) is 11.5 Å². The van der Waals surface area contributed by atoms with Crippen molar-refractivity contribution in [2.75, 3.05) is 0 Å². The van der Waals surface area contributed by atoms with Crippen LogP contribution in [-0.2, 0) is 13.1 Å². The molecule has 6 nitrogen and oxygen atoms in total. The Bertz CT molecular complexity index is 1030. The number of thiophene rings is 1. The van der Waals surface area contributed by atoms with Crippen molar-refractivity contribution >= 4 is 17.2 Å². The smallest absolute Gasteiger partial charge is 0.268 e. The van der Waals surface area contributed by atoms with Gasteiger partial charge in [-0.1, -0.05) is 28.9 Å². The lowest BCUT2D eigenvalue weighted by Gasteiger charge is -2.07. The van der Waals surface area contributed by atoms with Gasteiger partial charge in [-0.15, -0.1) is 11.3 Å². The number of carbonyl (C=O) groups is 1. The molecule has 3 heterocycles. The average molecular weight is 378 g/mol. The molecule has 0 fully saturated rings. The van der Waals surface area contributed by atoms with Crippen molar-refractivity contribution in [2.45, 2.75) is 20.0 Å². The number of hydrogen-bond donors (Lipinski definition) is 1. The summed E-state index contributed by atoms with van der Waals surface area (Å²) in [5.41, 5.74) is 2.61. The van der Waals surface area contributed by atoms with Gasteiger partial charge in [0, 0.05) is 16.6 Å². The molecule has 4 rings (SSSR count). The molecule has 0 saturated heterocycles. The highest BCUT2D eigenvalue weighted by Crippen LogP contribution is 2.18. The molecule has 0 aliphatic heterocycles. The first kappa shape index (κ1) is 17.2. The molecule has 1 aromatic carbocycles. The second-order valence-corrected chi connectivity index (χ2v) is 7.20. The number of benzene rings is 1. The second-order valence-electron chi connectivity index (χ2n) is 6.17. The van der Waals surface area contributed by atoms with Crippen molar-refractivity contribution in [3.8, 4) is 11.5 Å². The van der Waals surface area contributed by atoms with Crippen LogP contribution in [0, 0.1) is 6.92 Å². The highest BCUT2D eigenvalue weighted by molar-refractivity contribution is 7.09. The van der Waals surface area contributed by atoms with Gasteiger partial charge in [0.2, 0.25) is 0 Å². The monoisotopic (exact) mass is 378 g/mol. The van der Waals surface area contributed by atoms with Crippen LogP contribution in [0.1, 0.15) is 26.8 Å². The summed E-state index contributed by atoms with van der Waals surface area (Å²) >= 11 is 1.62. The molecule has 1 amide bonds. The minimum absolute atomic E-state index is 0.129. The van der Waals surface area contributed by atoms with Crippen LogP contribution in [-0.4, -0.2) is 20.6 Å². The summed E-state index contributed by atoms with van der Waals surface area (Å²) in [6, 6.07) is 15.5. The zero-order valence-electron chi connectivity index (χ0n) is 14.8. The first-order valence-electron chi connectivity index (χ1n) is 8.54. The van der Waals surface area contributed by atoms with E-state index in [0.717, 1.165) is 10.4 Å². The summed E-state index contributed by atoms with van der Waals surface area (Å²) in [5, 5.41) is 8.97. The van der Waals surface area contributed by atoms with Crippen molar-refractivity contribution in [1.82, 2.24) is 20.0 Å². The van der Waals surface area contributed by atoms with Crippen molar-refractivity contribution < 1.29 is 9.32 Å². The maximum atomic E-state index is 12.5. The molecule has 1 N–H and O–H groups in total. The summed E-state index contributed by atoms with van der Waals surface area (Å²) in [6.45, 7) is 2.91. The van der Waals surface area contributed by atoms with E-state index in [0.29, 0.717) is 30.5 Å². The summed E-state index contributed by atoms with van der Waals surface area (Å²) in [4.78, 5) is 18.0. The zero-order valence-corrected chi connectivity index (χ0v) is 15.6. The number of aromatic nitrogens is 3. The Morgan fingerprint density at radius 1 is 1.19 bits per heavy atom. The fourth-order valence-electron chi connectivity index (χ4n) is 2.71. The van der Waals surface area contributed by atoms with Crippen LogP contribution in [0.4, 0.5) is 0 Å². The third-order valence-corrected chi connectivity index (χ3v) is 5.02. The predicted octanol–water partition coefficient (Wildman–Crippen LogP) is 3.89. The molecular formula is C20H18N4O2S. The number of aryl methyl sites for hydroxylation is 1. The Balaban J connectivity index is 1.45. The number of rotatable bonds is 6. The van der Waals surface area contributed by atoms with Gasteiger partial charge in [-0.2, -0.15) is 4.98 Å². The number of hydrogen-bond acceptors (Lipinski definition) is 5. The topological polar surface area (TPSA) is 73.0 Å². The standard InChI is InChI=1S/C20H18N4O2S/c1-14-6-8-15(9-7-14)20-22-18(23-26-20)13-24-10-2-5-17(24)19(25)21-12-16-4-3-11-27-16/h2-11H,12-13H2,1H3,(H,21,25). The maximum Gasteiger partial charge on any atom is 0.268 e. The normalized spacial score (nSPS) is 10.9. The van der Waals surface area contributed by atoms with Gasteiger partial charge in [0.05, 0.1) is 13.1 Å². The van der Waals surface area contributed by atoms with Gasteiger partial charge in [-0.25, -0.2) is 0 Å². The third kappa shape index (κ3) is 3.98. The molecule has 0 radical (unpaired) electrons. The van der Waals surface area contributed by atoms with Crippen molar-refractivity contribution in [3.05, 3.63) is 82.1 Å². The Kier molecular flexibility index (Phi) is 4.84. The predicted molar refractivity (Wildman–Crippen MR) is 103 cm³/mol. The van der Waals surface area contributed by atoms with Gasteiger partial charge in [-0.3, -0.25) is 4.79 Å². The van der Waals surface area contributed by atoms with Crippen LogP contribution >= 0.6 is 11.3 Å². The van der Waals surface area contributed by atoms with Gasteiger partial charge in [0.1, 0.15) is 5.69 Å². The van der Waals surface area contributed by atoms with Crippen molar-refractivity contribution in [1.29, 1.82) is 0 Å². The van der Waals surface area contributed by atoms with E-state index < -0.39 is 0 Å². The van der Waals surface area contributed by atoms with Gasteiger partial charge < -0.3 is 14.4 Å². The molecule has 27 heavy (non-hydrogen) atoms. The lowest BCUT2D eigenvalue weighted by molar-refractivity contribution is 0.0942. The van der Waals surface area contributed by atoms with E-state index in [4.69, 9.17) is 4.52 Å². The van der Waals surface area contributed by atoms with E-state index in [9.17, 15) is 4.79 Å². The first-order valence-corrected chi connectivity index (χ1v) is 9.42. The minimum Gasteiger partial charge on any atom is -0.346 e. The fourth-order valence-corrected chi connectivity index (χ4v) is 3.36. The second kappa shape index (κ2) is 7.59. The van der Waals surface area contributed by atoms with Crippen LogP contribution in [0.15, 0.2) is 64.6 Å². The number of carbonyl (C=O) groups excluding carboxylic acids is 1. The number of amides is 1. The number of nitrogens with zero attached hydrogens (tertiary/aromatic N) is 3. The average Bonchev–Trinajstić information content (AvgIpc) is 3.43. The molecule has 0 unspecified atom stereocenters. The summed E-state index contributed by atoms with van der Waals surface area (Å²) in [6.07, 6.45) is 1.84. The molecule has 0 aliphatic carbocycles. The van der Waals surface area contributed by atoms with E-state index in [1.54, 1.807) is 17.4 Å². The van der Waals surface area contributed by atoms with Crippen molar-refractivity contribution in [3.63, 3.8) is 0 Å². The highest BCUT2D eigenvalue weighted by atomic mass is 32.1. The van der Waals surface area contributed by atoms with E-state index in [-0.39, 0.29) is 5.91 Å². The Morgan fingerprint density at radius 3 is 2.81 bits per heavy atom. The van der Waals surface area contributed by atoms with E-state index in [1.807, 2.05) is 65.5 Å². The molecule has 7 heteroatoms. The van der Waals surface area contributed by atoms with E-state index >= 15 is 0 Å². The molecule has 136 valence electrons. The molecule has 0 atom stereocenters. The summed E-state index contributed by atoms with van der Waals surface area (Å²) < 4.78 is 7.18. The largest absolute Gasteiger partial charge is 0.346 e. The van der Waals surface area contributed by atoms with Gasteiger partial charge >= 0.3 is 0 Å². The number of nitrogens with one attached hydrogen (secondary N) is 1. The highest BCUT2D eigenvalue weighted by Gasteiger charge is 2.14. The van der Waals surface area contributed by atoms with Gasteiger partial charge in [0.15, 0.2) is 5.82 Å². The Morgan fingerprint density at radius 2 is 2.04 bits per heavy atom.